The van der Waals surface area contributed by atoms with Gasteiger partial charge in [0.25, 0.3) is 0 Å². The number of aliphatic carboxylic acids is 1. The maximum absolute atomic E-state index is 10.8. The lowest BCUT2D eigenvalue weighted by Crippen LogP contribution is -2.35. The monoisotopic (exact) mass is 431 g/mol. The summed E-state index contributed by atoms with van der Waals surface area (Å²) in [4.78, 5) is 10.8. The van der Waals surface area contributed by atoms with Crippen LogP contribution in [-0.2, 0) is 9.53 Å². The summed E-state index contributed by atoms with van der Waals surface area (Å²) in [7, 11) is 0. The Morgan fingerprint density at radius 3 is 2.39 bits per heavy atom. The van der Waals surface area contributed by atoms with Gasteiger partial charge in [-0.25, -0.2) is 0 Å². The second kappa shape index (κ2) is 14.5. The smallest absolute Gasteiger partial charge is 0.107 e. The first-order valence-electron chi connectivity index (χ1n) is 12.5. The highest BCUT2D eigenvalue weighted by atomic mass is 16.5. The summed E-state index contributed by atoms with van der Waals surface area (Å²) in [5, 5.41) is 10.8. The van der Waals surface area contributed by atoms with Crippen molar-refractivity contribution in [3.05, 3.63) is 36.1 Å². The molecule has 0 aromatic carbocycles. The van der Waals surface area contributed by atoms with E-state index in [0.717, 1.165) is 37.9 Å². The molecule has 0 amide bonds. The number of carboxylic acids is 1. The third kappa shape index (κ3) is 10.6. The van der Waals surface area contributed by atoms with E-state index in [9.17, 15) is 9.90 Å². The molecule has 0 fully saturated rings. The molecule has 1 rings (SSSR count). The Hall–Kier alpha value is -1.51. The molecule has 0 radical (unpaired) electrons. The lowest BCUT2D eigenvalue weighted by atomic mass is 9.77. The molecule has 0 aliphatic heterocycles. The molecule has 0 aromatic heterocycles. The fourth-order valence-corrected chi connectivity index (χ4v) is 4.43. The standard InChI is InChI=1S/C28H48O3/c1-8-26-19-18-22(4)25(7)27(26)31-24(6)17-11-15-21(3)13-9-12-20(2)14-10-16-23(5)28(29)30/h14,18-19,21-23,25-27H,6,8-13,15-17H2,1-5,7H3,(H,29,30)/p-1/b20-14+. The summed E-state index contributed by atoms with van der Waals surface area (Å²) in [6.45, 7) is 17.2. The number of carbonyl (C=O) groups is 1. The fraction of sp³-hybridized carbons (Fsp3) is 0.750. The second-order valence-electron chi connectivity index (χ2n) is 10.0. The van der Waals surface area contributed by atoms with Crippen molar-refractivity contribution in [3.8, 4) is 0 Å². The molecule has 0 heterocycles. The molecule has 31 heavy (non-hydrogen) atoms. The van der Waals surface area contributed by atoms with Crippen molar-refractivity contribution in [3.63, 3.8) is 0 Å². The van der Waals surface area contributed by atoms with Crippen LogP contribution in [0.3, 0.4) is 0 Å². The summed E-state index contributed by atoms with van der Waals surface area (Å²) in [5.74, 6) is 1.95. The Balaban J connectivity index is 2.22. The predicted octanol–water partition coefficient (Wildman–Crippen LogP) is 6.84. The predicted molar refractivity (Wildman–Crippen MR) is 129 cm³/mol. The Kier molecular flexibility index (Phi) is 12.9. The Bertz CT molecular complexity index is 603. The summed E-state index contributed by atoms with van der Waals surface area (Å²) >= 11 is 0. The Morgan fingerprint density at radius 1 is 1.13 bits per heavy atom. The van der Waals surface area contributed by atoms with E-state index in [1.165, 1.54) is 24.8 Å². The molecule has 3 heteroatoms. The van der Waals surface area contributed by atoms with Gasteiger partial charge in [0.05, 0.1) is 5.76 Å². The van der Waals surface area contributed by atoms with E-state index in [4.69, 9.17) is 4.74 Å². The maximum atomic E-state index is 10.8. The van der Waals surface area contributed by atoms with Crippen LogP contribution in [0.25, 0.3) is 0 Å². The van der Waals surface area contributed by atoms with Crippen molar-refractivity contribution in [1.82, 2.24) is 0 Å². The van der Waals surface area contributed by atoms with Crippen molar-refractivity contribution < 1.29 is 14.6 Å². The van der Waals surface area contributed by atoms with Gasteiger partial charge < -0.3 is 14.6 Å². The molecular weight excluding hydrogens is 384 g/mol. The maximum Gasteiger partial charge on any atom is 0.107 e. The van der Waals surface area contributed by atoms with Crippen LogP contribution in [0, 0.1) is 29.6 Å². The summed E-state index contributed by atoms with van der Waals surface area (Å²) in [6.07, 6.45) is 16.6. The first-order chi connectivity index (χ1) is 14.6. The number of allylic oxidation sites excluding steroid dienone is 4. The minimum Gasteiger partial charge on any atom is -0.550 e. The van der Waals surface area contributed by atoms with Gasteiger partial charge in [-0.1, -0.05) is 77.8 Å². The average Bonchev–Trinajstić information content (AvgIpc) is 2.71. The van der Waals surface area contributed by atoms with E-state index in [-0.39, 0.29) is 12.0 Å². The number of ether oxygens (including phenoxy) is 1. The van der Waals surface area contributed by atoms with Crippen molar-refractivity contribution in [2.75, 3.05) is 0 Å². The molecule has 0 saturated heterocycles. The third-order valence-electron chi connectivity index (χ3n) is 7.12. The topological polar surface area (TPSA) is 49.4 Å². The lowest BCUT2D eigenvalue weighted by molar-refractivity contribution is -0.311. The van der Waals surface area contributed by atoms with Crippen molar-refractivity contribution in [2.24, 2.45) is 29.6 Å². The van der Waals surface area contributed by atoms with Crippen LogP contribution in [0.1, 0.15) is 99.3 Å². The van der Waals surface area contributed by atoms with Crippen LogP contribution < -0.4 is 5.11 Å². The molecular formula is C28H47O3-. The fourth-order valence-electron chi connectivity index (χ4n) is 4.43. The zero-order chi connectivity index (χ0) is 23.4. The van der Waals surface area contributed by atoms with Gasteiger partial charge in [0.1, 0.15) is 6.10 Å². The molecule has 6 atom stereocenters. The molecule has 0 bridgehead atoms. The summed E-state index contributed by atoms with van der Waals surface area (Å²) in [5.41, 5.74) is 1.37. The van der Waals surface area contributed by atoms with Crippen molar-refractivity contribution in [2.45, 2.75) is 105 Å². The first kappa shape index (κ1) is 27.5. The third-order valence-corrected chi connectivity index (χ3v) is 7.12. The van der Waals surface area contributed by atoms with Gasteiger partial charge in [-0.15, -0.1) is 0 Å². The van der Waals surface area contributed by atoms with E-state index in [1.807, 2.05) is 0 Å². The Labute approximate surface area is 192 Å². The molecule has 0 N–H and O–H groups in total. The van der Waals surface area contributed by atoms with E-state index in [1.54, 1.807) is 6.92 Å². The van der Waals surface area contributed by atoms with Gasteiger partial charge in [-0.2, -0.15) is 0 Å². The van der Waals surface area contributed by atoms with E-state index in [2.05, 4.69) is 59.4 Å². The van der Waals surface area contributed by atoms with Gasteiger partial charge in [0.2, 0.25) is 0 Å². The quantitative estimate of drug-likeness (QED) is 0.211. The number of hydrogen-bond donors (Lipinski definition) is 0. The summed E-state index contributed by atoms with van der Waals surface area (Å²) < 4.78 is 6.35. The molecule has 6 unspecified atom stereocenters. The van der Waals surface area contributed by atoms with E-state index in [0.29, 0.717) is 30.1 Å². The van der Waals surface area contributed by atoms with Gasteiger partial charge in [0.15, 0.2) is 0 Å². The largest absolute Gasteiger partial charge is 0.550 e. The lowest BCUT2D eigenvalue weighted by Gasteiger charge is -2.37. The number of rotatable bonds is 15. The second-order valence-corrected chi connectivity index (χ2v) is 10.0. The number of hydrogen-bond acceptors (Lipinski definition) is 3. The summed E-state index contributed by atoms with van der Waals surface area (Å²) in [6, 6.07) is 0. The van der Waals surface area contributed by atoms with Crippen LogP contribution >= 0.6 is 0 Å². The van der Waals surface area contributed by atoms with Crippen molar-refractivity contribution in [1.29, 1.82) is 0 Å². The molecule has 1 aliphatic carbocycles. The minimum absolute atomic E-state index is 0.263. The van der Waals surface area contributed by atoms with Gasteiger partial charge in [0, 0.05) is 18.3 Å². The highest BCUT2D eigenvalue weighted by Gasteiger charge is 2.32. The average molecular weight is 432 g/mol. The van der Waals surface area contributed by atoms with Gasteiger partial charge in [-0.05, 0) is 69.1 Å². The Morgan fingerprint density at radius 2 is 1.77 bits per heavy atom. The van der Waals surface area contributed by atoms with Gasteiger partial charge in [-0.3, -0.25) is 0 Å². The van der Waals surface area contributed by atoms with Crippen LogP contribution in [0.4, 0.5) is 0 Å². The normalized spacial score (nSPS) is 25.8. The molecule has 0 aromatic rings. The van der Waals surface area contributed by atoms with Crippen molar-refractivity contribution >= 4 is 5.97 Å². The zero-order valence-corrected chi connectivity index (χ0v) is 21.0. The van der Waals surface area contributed by atoms with E-state index >= 15 is 0 Å². The molecule has 3 nitrogen and oxygen atoms in total. The highest BCUT2D eigenvalue weighted by molar-refractivity contribution is 5.66. The highest BCUT2D eigenvalue weighted by Crippen LogP contribution is 2.34. The SMILES string of the molecule is C=C(CCCC(C)CCC/C(C)=C/CCC(C)C(=O)[O-])OC1C(CC)C=CC(C)C1C. The van der Waals surface area contributed by atoms with Crippen LogP contribution in [0.15, 0.2) is 36.1 Å². The molecule has 0 saturated carbocycles. The molecule has 0 spiro atoms. The molecule has 1 aliphatic rings. The van der Waals surface area contributed by atoms with Crippen LogP contribution in [0.2, 0.25) is 0 Å². The van der Waals surface area contributed by atoms with E-state index < -0.39 is 5.97 Å². The first-order valence-corrected chi connectivity index (χ1v) is 12.5. The minimum atomic E-state index is -0.946. The van der Waals surface area contributed by atoms with Gasteiger partial charge >= 0.3 is 0 Å². The zero-order valence-electron chi connectivity index (χ0n) is 21.0. The number of carboxylic acid groups (broad SMARTS) is 1. The number of carbonyl (C=O) groups excluding carboxylic acids is 1. The van der Waals surface area contributed by atoms with Crippen LogP contribution in [-0.4, -0.2) is 12.1 Å². The molecule has 178 valence electrons. The van der Waals surface area contributed by atoms with Crippen LogP contribution in [0.5, 0.6) is 0 Å².